The van der Waals surface area contributed by atoms with E-state index in [2.05, 4.69) is 38.5 Å². The van der Waals surface area contributed by atoms with E-state index in [1.165, 1.54) is 0 Å². The largest absolute Gasteiger partial charge is 0.468 e. The number of benzene rings is 1. The van der Waals surface area contributed by atoms with Crippen molar-refractivity contribution in [2.75, 3.05) is 13.9 Å². The number of hydrogen-bond donors (Lipinski definition) is 0. The van der Waals surface area contributed by atoms with Crippen molar-refractivity contribution in [1.29, 1.82) is 0 Å². The Balaban J connectivity index is 2.69. The monoisotopic (exact) mass is 342 g/mol. The van der Waals surface area contributed by atoms with Crippen LogP contribution in [0.25, 0.3) is 0 Å². The molecule has 0 aliphatic heterocycles. The first-order valence-corrected chi connectivity index (χ1v) is 5.18. The molecule has 0 saturated carbocycles. The maximum Gasteiger partial charge on any atom is 0.188 e. The molecule has 0 spiro atoms. The van der Waals surface area contributed by atoms with Gasteiger partial charge in [0, 0.05) is 15.2 Å². The third-order valence-corrected chi connectivity index (χ3v) is 3.57. The highest BCUT2D eigenvalue weighted by atomic mass is 127. The summed E-state index contributed by atoms with van der Waals surface area (Å²) in [5, 5.41) is 0. The fourth-order valence-electron chi connectivity index (χ4n) is 0.694. The summed E-state index contributed by atoms with van der Waals surface area (Å²) in [5.41, 5.74) is 0. The summed E-state index contributed by atoms with van der Waals surface area (Å²) in [7, 11) is 1.60. The predicted octanol–water partition coefficient (Wildman–Crippen LogP) is 3.04. The zero-order valence-electron chi connectivity index (χ0n) is 6.51. The number of halogens is 2. The molecule has 2 nitrogen and oxygen atoms in total. The zero-order valence-corrected chi connectivity index (χ0v) is 10.3. The molecule has 66 valence electrons. The van der Waals surface area contributed by atoms with Crippen LogP contribution in [-0.4, -0.2) is 13.9 Å². The molecule has 0 aromatic heterocycles. The van der Waals surface area contributed by atoms with Crippen molar-refractivity contribution >= 4 is 38.5 Å². The Morgan fingerprint density at radius 3 is 2.83 bits per heavy atom. The summed E-state index contributed by atoms with van der Waals surface area (Å²) in [6.45, 7) is 0.285. The minimum atomic E-state index is 0.285. The molecule has 0 fully saturated rings. The van der Waals surface area contributed by atoms with E-state index in [0.29, 0.717) is 0 Å². The lowest BCUT2D eigenvalue weighted by Gasteiger charge is -2.04. The van der Waals surface area contributed by atoms with Crippen molar-refractivity contribution in [3.05, 3.63) is 26.2 Å². The second kappa shape index (κ2) is 5.04. The molecule has 0 aliphatic carbocycles. The summed E-state index contributed by atoms with van der Waals surface area (Å²) < 4.78 is 12.2. The average Bonchev–Trinajstić information content (AvgIpc) is 2.07. The van der Waals surface area contributed by atoms with E-state index in [9.17, 15) is 0 Å². The topological polar surface area (TPSA) is 18.5 Å². The van der Waals surface area contributed by atoms with Crippen molar-refractivity contribution in [1.82, 2.24) is 0 Å². The molecule has 1 aromatic carbocycles. The van der Waals surface area contributed by atoms with Gasteiger partial charge in [-0.1, -0.05) is 0 Å². The summed E-state index contributed by atoms with van der Waals surface area (Å²) in [5.74, 6) is 0.809. The van der Waals surface area contributed by atoms with Crippen molar-refractivity contribution in [2.24, 2.45) is 0 Å². The molecule has 0 amide bonds. The Kier molecular flexibility index (Phi) is 4.31. The van der Waals surface area contributed by atoms with Crippen LogP contribution in [0.3, 0.4) is 0 Å². The Labute approximate surface area is 93.5 Å². The van der Waals surface area contributed by atoms with Crippen LogP contribution in [0.1, 0.15) is 0 Å². The lowest BCUT2D eigenvalue weighted by Crippen LogP contribution is -1.98. The summed E-state index contributed by atoms with van der Waals surface area (Å²) in [6, 6.07) is 5.81. The zero-order chi connectivity index (χ0) is 8.97. The third-order valence-electron chi connectivity index (χ3n) is 1.23. The van der Waals surface area contributed by atoms with Crippen LogP contribution in [0.4, 0.5) is 0 Å². The van der Waals surface area contributed by atoms with Gasteiger partial charge in [0.25, 0.3) is 0 Å². The van der Waals surface area contributed by atoms with E-state index in [1.807, 2.05) is 18.2 Å². The molecule has 0 aliphatic rings. The van der Waals surface area contributed by atoms with Crippen LogP contribution in [0.15, 0.2) is 22.7 Å². The molecule has 0 saturated heterocycles. The molecule has 0 N–H and O–H groups in total. The van der Waals surface area contributed by atoms with E-state index in [1.54, 1.807) is 7.11 Å². The van der Waals surface area contributed by atoms with Gasteiger partial charge in [0.1, 0.15) is 5.75 Å². The fraction of sp³-hybridized carbons (Fsp3) is 0.250. The Morgan fingerprint density at radius 1 is 1.50 bits per heavy atom. The molecule has 1 rings (SSSR count). The van der Waals surface area contributed by atoms with Crippen molar-refractivity contribution in [3.63, 3.8) is 0 Å². The molecule has 4 heteroatoms. The van der Waals surface area contributed by atoms with E-state index in [-0.39, 0.29) is 6.79 Å². The summed E-state index contributed by atoms with van der Waals surface area (Å²) in [6.07, 6.45) is 0. The first-order valence-electron chi connectivity index (χ1n) is 3.31. The number of rotatable bonds is 3. The first kappa shape index (κ1) is 10.3. The van der Waals surface area contributed by atoms with Gasteiger partial charge in [-0.3, -0.25) is 0 Å². The Hall–Kier alpha value is 0.190. The minimum absolute atomic E-state index is 0.285. The van der Waals surface area contributed by atoms with Gasteiger partial charge < -0.3 is 9.47 Å². The van der Waals surface area contributed by atoms with Crippen LogP contribution in [0, 0.1) is 3.57 Å². The van der Waals surface area contributed by atoms with Gasteiger partial charge in [0.15, 0.2) is 6.79 Å². The quantitative estimate of drug-likeness (QED) is 0.621. The van der Waals surface area contributed by atoms with Crippen molar-refractivity contribution in [2.45, 2.75) is 0 Å². The Bertz CT molecular complexity index is 265. The third kappa shape index (κ3) is 2.91. The predicted molar refractivity (Wildman–Crippen MR) is 59.4 cm³/mol. The van der Waals surface area contributed by atoms with Crippen LogP contribution in [0.5, 0.6) is 5.75 Å². The lowest BCUT2D eigenvalue weighted by molar-refractivity contribution is 0.0511. The van der Waals surface area contributed by atoms with Crippen molar-refractivity contribution < 1.29 is 9.47 Å². The minimum Gasteiger partial charge on any atom is -0.468 e. The van der Waals surface area contributed by atoms with Crippen LogP contribution in [-0.2, 0) is 4.74 Å². The number of hydrogen-bond acceptors (Lipinski definition) is 2. The van der Waals surface area contributed by atoms with E-state index in [4.69, 9.17) is 9.47 Å². The van der Waals surface area contributed by atoms with Gasteiger partial charge >= 0.3 is 0 Å². The summed E-state index contributed by atoms with van der Waals surface area (Å²) >= 11 is 5.65. The van der Waals surface area contributed by atoms with Gasteiger partial charge in [0.05, 0.1) is 0 Å². The smallest absolute Gasteiger partial charge is 0.188 e. The maximum absolute atomic E-state index is 5.24. The van der Waals surface area contributed by atoms with Gasteiger partial charge in [-0.15, -0.1) is 0 Å². The van der Waals surface area contributed by atoms with Crippen molar-refractivity contribution in [3.8, 4) is 5.75 Å². The molecule has 0 bridgehead atoms. The number of methoxy groups -OCH3 is 1. The second-order valence-electron chi connectivity index (χ2n) is 2.13. The summed E-state index contributed by atoms with van der Waals surface area (Å²) in [4.78, 5) is 0. The molecule has 0 atom stereocenters. The van der Waals surface area contributed by atoms with Gasteiger partial charge in [0.2, 0.25) is 0 Å². The van der Waals surface area contributed by atoms with Gasteiger partial charge in [-0.05, 0) is 56.7 Å². The Morgan fingerprint density at radius 2 is 2.25 bits per heavy atom. The van der Waals surface area contributed by atoms with Gasteiger partial charge in [-0.25, -0.2) is 0 Å². The van der Waals surface area contributed by atoms with Gasteiger partial charge in [-0.2, -0.15) is 0 Å². The normalized spacial score (nSPS) is 9.92. The van der Waals surface area contributed by atoms with E-state index >= 15 is 0 Å². The molecular weight excluding hydrogens is 335 g/mol. The first-order chi connectivity index (χ1) is 5.74. The van der Waals surface area contributed by atoms with Crippen LogP contribution < -0.4 is 4.74 Å². The van der Waals surface area contributed by atoms with E-state index < -0.39 is 0 Å². The van der Waals surface area contributed by atoms with Crippen LogP contribution in [0.2, 0.25) is 0 Å². The molecule has 12 heavy (non-hydrogen) atoms. The fourth-order valence-corrected chi connectivity index (χ4v) is 1.39. The van der Waals surface area contributed by atoms with Crippen LogP contribution >= 0.6 is 38.5 Å². The van der Waals surface area contributed by atoms with E-state index in [0.717, 1.165) is 13.8 Å². The average molecular weight is 343 g/mol. The number of ether oxygens (including phenoxy) is 2. The maximum atomic E-state index is 5.24. The molecule has 0 radical (unpaired) electrons. The molecule has 1 aromatic rings. The molecule has 0 unspecified atom stereocenters. The standard InChI is InChI=1S/C8H8BrIO2/c1-11-5-12-6-2-3-8(10)7(9)4-6/h2-4H,5H2,1H3. The highest BCUT2D eigenvalue weighted by Crippen LogP contribution is 2.24. The lowest BCUT2D eigenvalue weighted by atomic mass is 10.3. The second-order valence-corrected chi connectivity index (χ2v) is 4.14. The molecular formula is C8H8BrIO2. The highest BCUT2D eigenvalue weighted by molar-refractivity contribution is 14.1. The highest BCUT2D eigenvalue weighted by Gasteiger charge is 1.98. The molecule has 0 heterocycles. The SMILES string of the molecule is COCOc1ccc(I)c(Br)c1.